The van der Waals surface area contributed by atoms with E-state index in [1.54, 1.807) is 23.1 Å². The van der Waals surface area contributed by atoms with Gasteiger partial charge in [-0.1, -0.05) is 17.3 Å². The third-order valence-corrected chi connectivity index (χ3v) is 4.41. The first kappa shape index (κ1) is 16.1. The van der Waals surface area contributed by atoms with Gasteiger partial charge in [0, 0.05) is 29.5 Å². The molecule has 0 radical (unpaired) electrons. The van der Waals surface area contributed by atoms with Crippen molar-refractivity contribution in [2.75, 3.05) is 11.1 Å². The molecule has 8 heteroatoms. The number of nitrogens with zero attached hydrogens (tertiary/aromatic N) is 6. The van der Waals surface area contributed by atoms with Gasteiger partial charge in [-0.25, -0.2) is 14.6 Å². The Morgan fingerprint density at radius 3 is 2.79 bits per heavy atom. The Balaban J connectivity index is 1.47. The first-order valence-corrected chi connectivity index (χ1v) is 8.77. The van der Waals surface area contributed by atoms with E-state index in [4.69, 9.17) is 5.73 Å². The average Bonchev–Trinajstić information content (AvgIpc) is 3.10. The molecule has 136 valence electrons. The number of aromatic nitrogens is 6. The minimum atomic E-state index is 0.448. The van der Waals surface area contributed by atoms with Crippen molar-refractivity contribution in [2.24, 2.45) is 0 Å². The molecule has 0 aliphatic heterocycles. The van der Waals surface area contributed by atoms with Crippen molar-refractivity contribution in [1.82, 2.24) is 29.9 Å². The zero-order valence-electron chi connectivity index (χ0n) is 14.8. The summed E-state index contributed by atoms with van der Waals surface area (Å²) in [5.41, 5.74) is 10.1. The van der Waals surface area contributed by atoms with Gasteiger partial charge in [0.25, 0.3) is 0 Å². The molecule has 0 aliphatic rings. The van der Waals surface area contributed by atoms with Crippen molar-refractivity contribution in [1.29, 1.82) is 0 Å². The van der Waals surface area contributed by atoms with E-state index in [2.05, 4.69) is 36.6 Å². The summed E-state index contributed by atoms with van der Waals surface area (Å²) in [5, 5.41) is 12.8. The van der Waals surface area contributed by atoms with E-state index in [1.807, 2.05) is 42.5 Å². The highest BCUT2D eigenvalue weighted by Gasteiger charge is 2.09. The molecular formula is C20H16N8. The number of nitrogen functional groups attached to an aromatic ring is 1. The summed E-state index contributed by atoms with van der Waals surface area (Å²) in [7, 11) is 0. The molecule has 5 rings (SSSR count). The number of fused-ring (bicyclic) bond motifs is 2. The Bertz CT molecular complexity index is 1290. The van der Waals surface area contributed by atoms with Crippen LogP contribution in [0.15, 0.2) is 67.0 Å². The lowest BCUT2D eigenvalue weighted by atomic mass is 10.1. The van der Waals surface area contributed by atoms with Crippen LogP contribution in [0.1, 0.15) is 5.56 Å². The van der Waals surface area contributed by atoms with Crippen LogP contribution in [0.3, 0.4) is 0 Å². The summed E-state index contributed by atoms with van der Waals surface area (Å²) >= 11 is 0. The lowest BCUT2D eigenvalue weighted by Gasteiger charge is -2.07. The second kappa shape index (κ2) is 6.58. The molecule has 0 unspecified atom stereocenters. The zero-order valence-corrected chi connectivity index (χ0v) is 14.8. The van der Waals surface area contributed by atoms with E-state index in [9.17, 15) is 0 Å². The highest BCUT2D eigenvalue weighted by molar-refractivity contribution is 5.79. The van der Waals surface area contributed by atoms with Crippen molar-refractivity contribution < 1.29 is 0 Å². The maximum atomic E-state index is 5.74. The zero-order chi connectivity index (χ0) is 18.9. The van der Waals surface area contributed by atoms with E-state index in [0.717, 1.165) is 27.7 Å². The smallest absolute Gasteiger partial charge is 0.180 e. The van der Waals surface area contributed by atoms with E-state index < -0.39 is 0 Å². The van der Waals surface area contributed by atoms with Gasteiger partial charge in [0.2, 0.25) is 0 Å². The van der Waals surface area contributed by atoms with Gasteiger partial charge >= 0.3 is 0 Å². The number of hydrogen-bond donors (Lipinski definition) is 2. The Labute approximate surface area is 160 Å². The molecule has 0 bridgehead atoms. The number of pyridine rings is 3. The molecule has 28 heavy (non-hydrogen) atoms. The van der Waals surface area contributed by atoms with Crippen LogP contribution in [0, 0.1) is 0 Å². The molecule has 0 saturated heterocycles. The molecule has 1 aromatic carbocycles. The van der Waals surface area contributed by atoms with Crippen molar-refractivity contribution >= 4 is 39.4 Å². The molecule has 0 atom stereocenters. The van der Waals surface area contributed by atoms with Gasteiger partial charge < -0.3 is 11.1 Å². The van der Waals surface area contributed by atoms with Gasteiger partial charge in [-0.15, -0.1) is 5.10 Å². The first-order chi connectivity index (χ1) is 13.7. The maximum Gasteiger partial charge on any atom is 0.180 e. The number of nitrogens with two attached hydrogens (primary N) is 1. The predicted octanol–water partition coefficient (Wildman–Crippen LogP) is 3.14. The summed E-state index contributed by atoms with van der Waals surface area (Å²) in [6, 6.07) is 17.5. The Kier molecular flexibility index (Phi) is 3.79. The molecule has 0 fully saturated rings. The SMILES string of the molecule is Nc1cc(Nc2ccc3nnn(Cc4ccc5ncccc5c4)c3n2)ccn1. The standard InChI is InChI=1S/C20H16N8/c21-18-11-15(7-9-23-18)24-19-6-5-17-20(25-19)28(27-26-17)12-13-3-4-16-14(10-13)2-1-8-22-16/h1-11H,12H2,(H3,21,23,24,25). The van der Waals surface area contributed by atoms with E-state index in [1.165, 1.54) is 0 Å². The van der Waals surface area contributed by atoms with E-state index >= 15 is 0 Å². The van der Waals surface area contributed by atoms with Crippen LogP contribution in [0.4, 0.5) is 17.3 Å². The van der Waals surface area contributed by atoms with Crippen molar-refractivity contribution in [3.05, 3.63) is 72.6 Å². The number of nitrogens with one attached hydrogen (secondary N) is 1. The van der Waals surface area contributed by atoms with Crippen LogP contribution in [-0.2, 0) is 6.54 Å². The molecule has 8 nitrogen and oxygen atoms in total. The maximum absolute atomic E-state index is 5.74. The van der Waals surface area contributed by atoms with Gasteiger partial charge in [-0.05, 0) is 42.0 Å². The van der Waals surface area contributed by atoms with E-state index in [0.29, 0.717) is 23.8 Å². The second-order valence-corrected chi connectivity index (χ2v) is 6.41. The Hall–Kier alpha value is -4.07. The molecule has 4 heterocycles. The lowest BCUT2D eigenvalue weighted by Crippen LogP contribution is -2.04. The van der Waals surface area contributed by atoms with Crippen LogP contribution < -0.4 is 11.1 Å². The molecule has 0 spiro atoms. The fourth-order valence-corrected chi connectivity index (χ4v) is 3.10. The summed E-state index contributed by atoms with van der Waals surface area (Å²) in [4.78, 5) is 13.0. The monoisotopic (exact) mass is 368 g/mol. The van der Waals surface area contributed by atoms with Crippen LogP contribution >= 0.6 is 0 Å². The third-order valence-electron chi connectivity index (χ3n) is 4.41. The summed E-state index contributed by atoms with van der Waals surface area (Å²) in [6.45, 7) is 0.569. The van der Waals surface area contributed by atoms with Crippen LogP contribution in [-0.4, -0.2) is 29.9 Å². The second-order valence-electron chi connectivity index (χ2n) is 6.41. The van der Waals surface area contributed by atoms with Gasteiger partial charge in [0.1, 0.15) is 17.2 Å². The van der Waals surface area contributed by atoms with Gasteiger partial charge in [0.15, 0.2) is 5.65 Å². The number of hydrogen-bond acceptors (Lipinski definition) is 7. The normalized spacial score (nSPS) is 11.1. The Morgan fingerprint density at radius 2 is 1.86 bits per heavy atom. The van der Waals surface area contributed by atoms with Gasteiger partial charge in [-0.2, -0.15) is 0 Å². The number of anilines is 3. The highest BCUT2D eigenvalue weighted by atomic mass is 15.4. The summed E-state index contributed by atoms with van der Waals surface area (Å²) < 4.78 is 1.79. The molecule has 0 aliphatic carbocycles. The quantitative estimate of drug-likeness (QED) is 0.502. The minimum Gasteiger partial charge on any atom is -0.384 e. The summed E-state index contributed by atoms with van der Waals surface area (Å²) in [6.07, 6.45) is 3.44. The highest BCUT2D eigenvalue weighted by Crippen LogP contribution is 2.20. The first-order valence-electron chi connectivity index (χ1n) is 8.77. The molecule has 0 saturated carbocycles. The van der Waals surface area contributed by atoms with Crippen molar-refractivity contribution in [3.63, 3.8) is 0 Å². The minimum absolute atomic E-state index is 0.448. The predicted molar refractivity (Wildman–Crippen MR) is 108 cm³/mol. The molecule has 4 aromatic heterocycles. The number of benzene rings is 1. The Morgan fingerprint density at radius 1 is 0.929 bits per heavy atom. The largest absolute Gasteiger partial charge is 0.384 e. The molecule has 3 N–H and O–H groups in total. The molecular weight excluding hydrogens is 352 g/mol. The van der Waals surface area contributed by atoms with Crippen molar-refractivity contribution in [3.8, 4) is 0 Å². The van der Waals surface area contributed by atoms with Crippen LogP contribution in [0.25, 0.3) is 22.1 Å². The fraction of sp³-hybridized carbons (Fsp3) is 0.0500. The lowest BCUT2D eigenvalue weighted by molar-refractivity contribution is 0.665. The van der Waals surface area contributed by atoms with Crippen LogP contribution in [0.5, 0.6) is 0 Å². The molecule has 0 amide bonds. The fourth-order valence-electron chi connectivity index (χ4n) is 3.10. The van der Waals surface area contributed by atoms with Crippen molar-refractivity contribution in [2.45, 2.75) is 6.54 Å². The van der Waals surface area contributed by atoms with Gasteiger partial charge in [0.05, 0.1) is 12.1 Å². The third kappa shape index (κ3) is 3.07. The topological polar surface area (TPSA) is 107 Å². The van der Waals surface area contributed by atoms with Crippen LogP contribution in [0.2, 0.25) is 0 Å². The number of rotatable bonds is 4. The summed E-state index contributed by atoms with van der Waals surface area (Å²) in [5.74, 6) is 1.13. The van der Waals surface area contributed by atoms with Gasteiger partial charge in [-0.3, -0.25) is 4.98 Å². The average molecular weight is 368 g/mol. The van der Waals surface area contributed by atoms with E-state index in [-0.39, 0.29) is 0 Å². The molecule has 5 aromatic rings.